The van der Waals surface area contributed by atoms with E-state index in [2.05, 4.69) is 10.1 Å². The van der Waals surface area contributed by atoms with Crippen molar-refractivity contribution < 1.29 is 9.53 Å². The summed E-state index contributed by atoms with van der Waals surface area (Å²) >= 11 is 0. The van der Waals surface area contributed by atoms with Crippen molar-refractivity contribution in [3.05, 3.63) is 48.5 Å². The number of hydrogen-bond acceptors (Lipinski definition) is 4. The Hall–Kier alpha value is -3.09. The molecule has 7 nitrogen and oxygen atoms in total. The minimum absolute atomic E-state index is 0.0615. The third kappa shape index (κ3) is 3.78. The Bertz CT molecular complexity index is 952. The number of ether oxygens (including phenoxy) is 1. The molecule has 1 amide bonds. The summed E-state index contributed by atoms with van der Waals surface area (Å²) in [5.74, 6) is 1.59. The van der Waals surface area contributed by atoms with Crippen LogP contribution in [-0.2, 0) is 11.8 Å². The van der Waals surface area contributed by atoms with E-state index in [1.807, 2.05) is 60.1 Å². The maximum Gasteiger partial charge on any atom is 0.260 e. The Morgan fingerprint density at radius 2 is 1.89 bits per heavy atom. The molecule has 4 rings (SSSR count). The third-order valence-electron chi connectivity index (χ3n) is 5.07. The molecule has 0 atom stereocenters. The lowest BCUT2D eigenvalue weighted by molar-refractivity contribution is -0.134. The first-order valence-corrected chi connectivity index (χ1v) is 9.67. The van der Waals surface area contributed by atoms with Crippen molar-refractivity contribution in [3.8, 4) is 22.8 Å². The van der Waals surface area contributed by atoms with Gasteiger partial charge in [0.25, 0.3) is 5.91 Å². The molecule has 7 heteroatoms. The maximum absolute atomic E-state index is 12.2. The number of carbonyl (C=O) groups excluding carboxylic acids is 1. The zero-order valence-corrected chi connectivity index (χ0v) is 16.3. The van der Waals surface area contributed by atoms with E-state index >= 15 is 0 Å². The van der Waals surface area contributed by atoms with Gasteiger partial charge in [-0.25, -0.2) is 4.98 Å². The van der Waals surface area contributed by atoms with E-state index in [1.54, 1.807) is 10.9 Å². The van der Waals surface area contributed by atoms with Crippen LogP contribution in [0.3, 0.4) is 0 Å². The summed E-state index contributed by atoms with van der Waals surface area (Å²) in [4.78, 5) is 18.6. The summed E-state index contributed by atoms with van der Waals surface area (Å²) in [6.07, 6.45) is 9.07. The number of aromatic nitrogens is 4. The van der Waals surface area contributed by atoms with Gasteiger partial charge in [0.05, 0.1) is 11.4 Å². The lowest BCUT2D eigenvalue weighted by atomic mass is 10.1. The summed E-state index contributed by atoms with van der Waals surface area (Å²) < 4.78 is 9.52. The SMILES string of the molecule is Cc1nn(C)cc1-n1ccnc1-c1ccc(OCC(=O)N2CCCCC2)cc1. The van der Waals surface area contributed by atoms with Gasteiger partial charge in [0.1, 0.15) is 11.6 Å². The van der Waals surface area contributed by atoms with Gasteiger partial charge in [-0.15, -0.1) is 0 Å². The second-order valence-electron chi connectivity index (χ2n) is 7.15. The predicted molar refractivity (Wildman–Crippen MR) is 106 cm³/mol. The Balaban J connectivity index is 1.45. The topological polar surface area (TPSA) is 65.2 Å². The Kier molecular flexibility index (Phi) is 5.14. The minimum atomic E-state index is 0.0615. The first-order chi connectivity index (χ1) is 13.6. The van der Waals surface area contributed by atoms with Crippen LogP contribution in [0.15, 0.2) is 42.9 Å². The smallest absolute Gasteiger partial charge is 0.260 e. The number of nitrogens with zero attached hydrogens (tertiary/aromatic N) is 5. The third-order valence-corrected chi connectivity index (χ3v) is 5.07. The van der Waals surface area contributed by atoms with Crippen molar-refractivity contribution in [2.45, 2.75) is 26.2 Å². The van der Waals surface area contributed by atoms with Crippen LogP contribution in [0.2, 0.25) is 0 Å². The molecule has 0 aliphatic carbocycles. The van der Waals surface area contributed by atoms with Gasteiger partial charge >= 0.3 is 0 Å². The molecule has 3 aromatic rings. The number of aryl methyl sites for hydroxylation is 2. The first-order valence-electron chi connectivity index (χ1n) is 9.67. The van der Waals surface area contributed by atoms with Crippen LogP contribution in [-0.4, -0.2) is 49.8 Å². The van der Waals surface area contributed by atoms with Gasteiger partial charge in [-0.3, -0.25) is 14.0 Å². The number of carbonyl (C=O) groups is 1. The van der Waals surface area contributed by atoms with Gasteiger partial charge in [0.15, 0.2) is 6.61 Å². The van der Waals surface area contributed by atoms with Gasteiger partial charge in [0, 0.05) is 44.3 Å². The van der Waals surface area contributed by atoms with Crippen molar-refractivity contribution in [1.29, 1.82) is 0 Å². The molecule has 0 radical (unpaired) electrons. The molecule has 0 N–H and O–H groups in total. The summed E-state index contributed by atoms with van der Waals surface area (Å²) in [6, 6.07) is 7.69. The van der Waals surface area contributed by atoms with E-state index in [0.29, 0.717) is 5.75 Å². The zero-order valence-electron chi connectivity index (χ0n) is 16.3. The molecule has 1 fully saturated rings. The number of hydrogen-bond donors (Lipinski definition) is 0. The van der Waals surface area contributed by atoms with Gasteiger partial charge < -0.3 is 9.64 Å². The Morgan fingerprint density at radius 1 is 1.14 bits per heavy atom. The van der Waals surface area contributed by atoms with Crippen molar-refractivity contribution in [1.82, 2.24) is 24.2 Å². The second-order valence-corrected chi connectivity index (χ2v) is 7.15. The number of rotatable bonds is 5. The number of benzene rings is 1. The maximum atomic E-state index is 12.2. The molecule has 0 unspecified atom stereocenters. The van der Waals surface area contributed by atoms with Crippen LogP contribution in [0, 0.1) is 6.92 Å². The van der Waals surface area contributed by atoms with E-state index in [9.17, 15) is 4.79 Å². The van der Waals surface area contributed by atoms with Gasteiger partial charge in [-0.2, -0.15) is 5.10 Å². The fourth-order valence-corrected chi connectivity index (χ4v) is 3.61. The highest BCUT2D eigenvalue weighted by Gasteiger charge is 2.17. The highest BCUT2D eigenvalue weighted by atomic mass is 16.5. The first kappa shape index (κ1) is 18.3. The molecule has 146 valence electrons. The molecule has 3 heterocycles. The van der Waals surface area contributed by atoms with Crippen LogP contribution in [0.1, 0.15) is 25.0 Å². The summed E-state index contributed by atoms with van der Waals surface area (Å²) in [6.45, 7) is 3.76. The molecular formula is C21H25N5O2. The number of likely N-dealkylation sites (tertiary alicyclic amines) is 1. The largest absolute Gasteiger partial charge is 0.484 e. The van der Waals surface area contributed by atoms with E-state index in [4.69, 9.17) is 4.74 Å². The van der Waals surface area contributed by atoms with Crippen LogP contribution in [0.5, 0.6) is 5.75 Å². The van der Waals surface area contributed by atoms with Gasteiger partial charge in [0.2, 0.25) is 0 Å². The van der Waals surface area contributed by atoms with Crippen LogP contribution in [0.25, 0.3) is 17.1 Å². The van der Waals surface area contributed by atoms with Crippen LogP contribution >= 0.6 is 0 Å². The van der Waals surface area contributed by atoms with Crippen molar-refractivity contribution >= 4 is 5.91 Å². The fourth-order valence-electron chi connectivity index (χ4n) is 3.61. The molecule has 28 heavy (non-hydrogen) atoms. The highest BCUT2D eigenvalue weighted by molar-refractivity contribution is 5.77. The van der Waals surface area contributed by atoms with Crippen molar-refractivity contribution in [2.75, 3.05) is 19.7 Å². The predicted octanol–water partition coefficient (Wildman–Crippen LogP) is 2.97. The molecule has 2 aromatic heterocycles. The van der Waals surface area contributed by atoms with E-state index in [0.717, 1.165) is 48.7 Å². The Labute approximate surface area is 164 Å². The lowest BCUT2D eigenvalue weighted by Crippen LogP contribution is -2.38. The quantitative estimate of drug-likeness (QED) is 0.684. The summed E-state index contributed by atoms with van der Waals surface area (Å²) in [5.41, 5.74) is 2.92. The normalized spacial score (nSPS) is 14.3. The van der Waals surface area contributed by atoms with Crippen molar-refractivity contribution in [3.63, 3.8) is 0 Å². The number of piperidine rings is 1. The van der Waals surface area contributed by atoms with Crippen LogP contribution < -0.4 is 4.74 Å². The van der Waals surface area contributed by atoms with Gasteiger partial charge in [-0.05, 0) is 50.5 Å². The molecular weight excluding hydrogens is 354 g/mol. The highest BCUT2D eigenvalue weighted by Crippen LogP contribution is 2.25. The molecule has 0 spiro atoms. The number of amides is 1. The molecule has 0 bridgehead atoms. The lowest BCUT2D eigenvalue weighted by Gasteiger charge is -2.26. The monoisotopic (exact) mass is 379 g/mol. The van der Waals surface area contributed by atoms with E-state index in [1.165, 1.54) is 6.42 Å². The number of imidazole rings is 1. The van der Waals surface area contributed by atoms with Crippen LogP contribution in [0.4, 0.5) is 0 Å². The standard InChI is InChI=1S/C21H25N5O2/c1-16-19(14-24(2)23-16)26-13-10-22-21(26)17-6-8-18(9-7-17)28-15-20(27)25-11-4-3-5-12-25/h6-10,13-14H,3-5,11-12,15H2,1-2H3. The summed E-state index contributed by atoms with van der Waals surface area (Å²) in [7, 11) is 1.91. The average Bonchev–Trinajstić information content (AvgIpc) is 3.33. The fraction of sp³-hybridized carbons (Fsp3) is 0.381. The molecule has 1 saturated heterocycles. The minimum Gasteiger partial charge on any atom is -0.484 e. The molecule has 1 aliphatic rings. The van der Waals surface area contributed by atoms with Crippen molar-refractivity contribution in [2.24, 2.45) is 7.05 Å². The Morgan fingerprint density at radius 3 is 2.57 bits per heavy atom. The summed E-state index contributed by atoms with van der Waals surface area (Å²) in [5, 5.41) is 4.41. The second kappa shape index (κ2) is 7.88. The molecule has 0 saturated carbocycles. The van der Waals surface area contributed by atoms with E-state index in [-0.39, 0.29) is 12.5 Å². The van der Waals surface area contributed by atoms with Gasteiger partial charge in [-0.1, -0.05) is 0 Å². The van der Waals surface area contributed by atoms with E-state index < -0.39 is 0 Å². The average molecular weight is 379 g/mol. The zero-order chi connectivity index (χ0) is 19.5. The molecule has 1 aromatic carbocycles. The molecule has 1 aliphatic heterocycles.